The number of nitrogen functional groups attached to an aromatic ring is 1. The number of anilines is 2. The zero-order valence-corrected chi connectivity index (χ0v) is 15.2. The highest BCUT2D eigenvalue weighted by molar-refractivity contribution is 5.90. The molecule has 138 valence electrons. The minimum Gasteiger partial charge on any atom is -0.385 e. The molecule has 2 aliphatic heterocycles. The maximum atomic E-state index is 13.9. The Morgan fingerprint density at radius 2 is 2.27 bits per heavy atom. The number of aromatic nitrogens is 2. The van der Waals surface area contributed by atoms with Gasteiger partial charge in [0.2, 0.25) is 0 Å². The Hall–Kier alpha value is -2.41. The lowest BCUT2D eigenvalue weighted by molar-refractivity contribution is 0.0858. The van der Waals surface area contributed by atoms with Gasteiger partial charge in [0.1, 0.15) is 11.6 Å². The number of nitrogens with one attached hydrogen (secondary N) is 1. The molecular formula is C19H24FN5O. The van der Waals surface area contributed by atoms with Gasteiger partial charge in [-0.1, -0.05) is 6.92 Å². The Morgan fingerprint density at radius 3 is 3.04 bits per heavy atom. The minimum absolute atomic E-state index is 0.173. The Balaban J connectivity index is 1.71. The van der Waals surface area contributed by atoms with Crippen molar-refractivity contribution in [2.24, 2.45) is 0 Å². The monoisotopic (exact) mass is 357 g/mol. The van der Waals surface area contributed by atoms with Gasteiger partial charge in [0.05, 0.1) is 11.6 Å². The molecule has 0 unspecified atom stereocenters. The molecule has 2 aliphatic rings. The van der Waals surface area contributed by atoms with Gasteiger partial charge in [-0.3, -0.25) is 9.69 Å². The number of hydrogen-bond acceptors (Lipinski definition) is 5. The van der Waals surface area contributed by atoms with Crippen LogP contribution in [0.25, 0.3) is 0 Å². The van der Waals surface area contributed by atoms with Crippen molar-refractivity contribution in [2.75, 3.05) is 30.7 Å². The van der Waals surface area contributed by atoms with E-state index in [4.69, 9.17) is 5.73 Å². The normalized spacial score (nSPS) is 19.6. The molecule has 0 bridgehead atoms. The van der Waals surface area contributed by atoms with Crippen molar-refractivity contribution in [1.82, 2.24) is 14.7 Å². The molecule has 26 heavy (non-hydrogen) atoms. The van der Waals surface area contributed by atoms with E-state index >= 15 is 0 Å². The van der Waals surface area contributed by atoms with Crippen LogP contribution in [-0.2, 0) is 13.0 Å². The van der Waals surface area contributed by atoms with E-state index < -0.39 is 5.92 Å². The number of carbonyl (C=O) groups is 1. The summed E-state index contributed by atoms with van der Waals surface area (Å²) in [5.41, 5.74) is 10.5. The first-order valence-electron chi connectivity index (χ1n) is 9.16. The lowest BCUT2D eigenvalue weighted by Crippen LogP contribution is -2.30. The van der Waals surface area contributed by atoms with E-state index in [9.17, 15) is 9.18 Å². The number of fused-ring (bicyclic) bond motifs is 2. The van der Waals surface area contributed by atoms with E-state index in [1.165, 1.54) is 16.8 Å². The molecule has 0 saturated heterocycles. The molecule has 0 fully saturated rings. The van der Waals surface area contributed by atoms with Gasteiger partial charge in [0.15, 0.2) is 0 Å². The summed E-state index contributed by atoms with van der Waals surface area (Å²) in [6.07, 6.45) is 1.40. The lowest BCUT2D eigenvalue weighted by atomic mass is 9.88. The average Bonchev–Trinajstić information content (AvgIpc) is 2.96. The van der Waals surface area contributed by atoms with E-state index in [0.29, 0.717) is 30.9 Å². The third-order valence-corrected chi connectivity index (χ3v) is 5.55. The number of rotatable bonds is 2. The molecule has 2 aromatic rings. The molecule has 1 atom stereocenters. The number of nitrogens with two attached hydrogens (primary N) is 1. The molecular weight excluding hydrogens is 333 g/mol. The fourth-order valence-corrected chi connectivity index (χ4v) is 4.10. The first kappa shape index (κ1) is 17.0. The zero-order valence-electron chi connectivity index (χ0n) is 15.2. The standard InChI is InChI=1S/C19H24FN5O/c1-3-24-7-5-14-16(10-24)23-25(18(14)21)19(26)13-4-6-22-17-11(2)8-12(20)9-15(13)17/h8-9,13,22H,3-7,10,21H2,1-2H3/t13-/m0/s1. The topological polar surface area (TPSA) is 76.2 Å². The van der Waals surface area contributed by atoms with Crippen molar-refractivity contribution in [3.63, 3.8) is 0 Å². The van der Waals surface area contributed by atoms with Gasteiger partial charge in [-0.25, -0.2) is 4.39 Å². The van der Waals surface area contributed by atoms with Crippen molar-refractivity contribution in [3.05, 3.63) is 40.3 Å². The highest BCUT2D eigenvalue weighted by Crippen LogP contribution is 2.36. The number of likely N-dealkylation sites (N-methyl/N-ethyl adjacent to an activating group) is 1. The van der Waals surface area contributed by atoms with Gasteiger partial charge >= 0.3 is 0 Å². The Kier molecular flexibility index (Phi) is 4.19. The Morgan fingerprint density at radius 1 is 1.46 bits per heavy atom. The molecule has 0 aliphatic carbocycles. The van der Waals surface area contributed by atoms with Crippen LogP contribution in [0.5, 0.6) is 0 Å². The zero-order chi connectivity index (χ0) is 18.4. The number of nitrogens with zero attached hydrogens (tertiary/aromatic N) is 3. The number of hydrogen-bond donors (Lipinski definition) is 2. The fourth-order valence-electron chi connectivity index (χ4n) is 4.10. The molecule has 0 saturated carbocycles. The van der Waals surface area contributed by atoms with Crippen LogP contribution in [0.3, 0.4) is 0 Å². The van der Waals surface area contributed by atoms with Crippen molar-refractivity contribution in [2.45, 2.75) is 39.2 Å². The Labute approximate surface area is 152 Å². The second-order valence-corrected chi connectivity index (χ2v) is 7.13. The van der Waals surface area contributed by atoms with Crippen LogP contribution >= 0.6 is 0 Å². The Bertz CT molecular complexity index is 875. The quantitative estimate of drug-likeness (QED) is 0.864. The second kappa shape index (κ2) is 6.39. The van der Waals surface area contributed by atoms with Gasteiger partial charge in [-0.05, 0) is 49.6 Å². The van der Waals surface area contributed by atoms with Gasteiger partial charge in [0.25, 0.3) is 5.91 Å². The summed E-state index contributed by atoms with van der Waals surface area (Å²) in [4.78, 5) is 15.5. The van der Waals surface area contributed by atoms with Crippen molar-refractivity contribution >= 4 is 17.4 Å². The predicted octanol–water partition coefficient (Wildman–Crippen LogP) is 2.53. The van der Waals surface area contributed by atoms with E-state index in [-0.39, 0.29) is 11.7 Å². The first-order valence-corrected chi connectivity index (χ1v) is 9.16. The summed E-state index contributed by atoms with van der Waals surface area (Å²) in [6.45, 7) is 7.21. The molecule has 0 spiro atoms. The first-order chi connectivity index (χ1) is 12.5. The summed E-state index contributed by atoms with van der Waals surface area (Å²) in [5, 5.41) is 7.81. The highest BCUT2D eigenvalue weighted by Gasteiger charge is 2.32. The van der Waals surface area contributed by atoms with E-state index in [1.54, 1.807) is 0 Å². The van der Waals surface area contributed by atoms with Gasteiger partial charge < -0.3 is 11.1 Å². The van der Waals surface area contributed by atoms with Gasteiger partial charge in [-0.15, -0.1) is 0 Å². The van der Waals surface area contributed by atoms with Crippen molar-refractivity contribution in [1.29, 1.82) is 0 Å². The maximum absolute atomic E-state index is 13.9. The molecule has 4 rings (SSSR count). The molecule has 3 N–H and O–H groups in total. The fraction of sp³-hybridized carbons (Fsp3) is 0.474. The van der Waals surface area contributed by atoms with E-state index in [2.05, 4.69) is 22.2 Å². The van der Waals surface area contributed by atoms with Gasteiger partial charge in [-0.2, -0.15) is 9.78 Å². The van der Waals surface area contributed by atoms with Crippen LogP contribution in [0.4, 0.5) is 15.9 Å². The number of aryl methyl sites for hydroxylation is 1. The summed E-state index contributed by atoms with van der Waals surface area (Å²) < 4.78 is 15.3. The lowest BCUT2D eigenvalue weighted by Gasteiger charge is -2.27. The third kappa shape index (κ3) is 2.67. The largest absolute Gasteiger partial charge is 0.385 e. The van der Waals surface area contributed by atoms with E-state index in [1.807, 2.05) is 6.92 Å². The maximum Gasteiger partial charge on any atom is 0.256 e. The molecule has 7 heteroatoms. The van der Waals surface area contributed by atoms with Crippen LogP contribution in [0, 0.1) is 12.7 Å². The molecule has 0 amide bonds. The van der Waals surface area contributed by atoms with Gasteiger partial charge in [0, 0.05) is 30.9 Å². The summed E-state index contributed by atoms with van der Waals surface area (Å²) in [7, 11) is 0. The molecule has 1 aromatic heterocycles. The SMILES string of the molecule is CCN1CCc2c(nn(C(=O)[C@H]3CCNc4c(C)cc(F)cc43)c2N)C1. The van der Waals surface area contributed by atoms with Crippen LogP contribution in [0.2, 0.25) is 0 Å². The summed E-state index contributed by atoms with van der Waals surface area (Å²) in [6, 6.07) is 2.94. The van der Waals surface area contributed by atoms with E-state index in [0.717, 1.165) is 42.0 Å². The molecule has 3 heterocycles. The summed E-state index contributed by atoms with van der Waals surface area (Å²) in [5.74, 6) is -0.498. The molecule has 0 radical (unpaired) electrons. The van der Waals surface area contributed by atoms with Crippen LogP contribution in [0.15, 0.2) is 12.1 Å². The average molecular weight is 357 g/mol. The van der Waals surface area contributed by atoms with Crippen LogP contribution < -0.4 is 11.1 Å². The minimum atomic E-state index is -0.438. The second-order valence-electron chi connectivity index (χ2n) is 7.13. The van der Waals surface area contributed by atoms with Crippen molar-refractivity contribution < 1.29 is 9.18 Å². The summed E-state index contributed by atoms with van der Waals surface area (Å²) >= 11 is 0. The number of carbonyl (C=O) groups excluding carboxylic acids is 1. The smallest absolute Gasteiger partial charge is 0.256 e. The number of halogens is 1. The predicted molar refractivity (Wildman–Crippen MR) is 98.9 cm³/mol. The highest BCUT2D eigenvalue weighted by atomic mass is 19.1. The number of benzene rings is 1. The van der Waals surface area contributed by atoms with Crippen molar-refractivity contribution in [3.8, 4) is 0 Å². The third-order valence-electron chi connectivity index (χ3n) is 5.55. The molecule has 6 nitrogen and oxygen atoms in total. The van der Waals surface area contributed by atoms with Crippen LogP contribution in [-0.4, -0.2) is 40.2 Å². The molecule has 1 aromatic carbocycles. The van der Waals surface area contributed by atoms with Crippen LogP contribution in [0.1, 0.15) is 46.4 Å².